The molecule has 0 rings (SSSR count). The van der Waals surface area contributed by atoms with E-state index in [9.17, 15) is 9.59 Å². The van der Waals surface area contributed by atoms with E-state index in [0.29, 0.717) is 6.42 Å². The molecule has 1 unspecified atom stereocenters. The van der Waals surface area contributed by atoms with Crippen LogP contribution in [0.2, 0.25) is 0 Å². The summed E-state index contributed by atoms with van der Waals surface area (Å²) in [6, 6.07) is -0.669. The molecule has 1 N–H and O–H groups in total. The molecule has 0 radical (unpaired) electrons. The molecule has 0 fully saturated rings. The Morgan fingerprint density at radius 2 is 2.00 bits per heavy atom. The molecule has 4 nitrogen and oxygen atoms in total. The van der Waals surface area contributed by atoms with Crippen LogP contribution in [0.15, 0.2) is 0 Å². The maximum atomic E-state index is 10.9. The van der Waals surface area contributed by atoms with E-state index in [1.54, 1.807) is 0 Å². The summed E-state index contributed by atoms with van der Waals surface area (Å²) in [5, 5.41) is 8.83. The fraction of sp³-hybridized carbons (Fsp3) is 0.778. The SMILES string of the molecule is CCCCC(C(=O)O)N(C)C(C)=O. The van der Waals surface area contributed by atoms with Crippen molar-refractivity contribution in [2.24, 2.45) is 0 Å². The van der Waals surface area contributed by atoms with Crippen LogP contribution < -0.4 is 0 Å². The molecule has 0 aliphatic heterocycles. The maximum Gasteiger partial charge on any atom is 0.326 e. The number of carbonyl (C=O) groups excluding carboxylic acids is 1. The first-order chi connectivity index (χ1) is 6.00. The molecule has 13 heavy (non-hydrogen) atoms. The highest BCUT2D eigenvalue weighted by Gasteiger charge is 2.23. The number of unbranched alkanes of at least 4 members (excludes halogenated alkanes) is 1. The third-order valence-electron chi connectivity index (χ3n) is 2.08. The maximum absolute atomic E-state index is 10.9. The first-order valence-electron chi connectivity index (χ1n) is 4.46. The Balaban J connectivity index is 4.24. The number of likely N-dealkylation sites (N-methyl/N-ethyl adjacent to an activating group) is 1. The van der Waals surface area contributed by atoms with Crippen molar-refractivity contribution in [1.82, 2.24) is 4.90 Å². The zero-order chi connectivity index (χ0) is 10.4. The molecular weight excluding hydrogens is 170 g/mol. The van der Waals surface area contributed by atoms with Gasteiger partial charge in [-0.2, -0.15) is 0 Å². The number of carboxylic acid groups (broad SMARTS) is 1. The second-order valence-corrected chi connectivity index (χ2v) is 3.13. The van der Waals surface area contributed by atoms with E-state index in [1.807, 2.05) is 6.92 Å². The number of rotatable bonds is 5. The Morgan fingerprint density at radius 1 is 1.46 bits per heavy atom. The molecule has 4 heteroatoms. The van der Waals surface area contributed by atoms with E-state index >= 15 is 0 Å². The summed E-state index contributed by atoms with van der Waals surface area (Å²) in [7, 11) is 1.52. The highest BCUT2D eigenvalue weighted by Crippen LogP contribution is 2.07. The van der Waals surface area contributed by atoms with E-state index in [1.165, 1.54) is 18.9 Å². The monoisotopic (exact) mass is 187 g/mol. The molecule has 0 heterocycles. The molecule has 0 aliphatic rings. The van der Waals surface area contributed by atoms with Gasteiger partial charge < -0.3 is 10.0 Å². The first kappa shape index (κ1) is 11.9. The van der Waals surface area contributed by atoms with E-state index in [2.05, 4.69) is 0 Å². The van der Waals surface area contributed by atoms with Crippen molar-refractivity contribution in [3.05, 3.63) is 0 Å². The Morgan fingerprint density at radius 3 is 2.31 bits per heavy atom. The lowest BCUT2D eigenvalue weighted by molar-refractivity contribution is -0.148. The number of amides is 1. The van der Waals surface area contributed by atoms with Gasteiger partial charge in [-0.25, -0.2) is 4.79 Å². The van der Waals surface area contributed by atoms with Crippen LogP contribution in [0.5, 0.6) is 0 Å². The second-order valence-electron chi connectivity index (χ2n) is 3.13. The lowest BCUT2D eigenvalue weighted by atomic mass is 10.1. The molecule has 1 amide bonds. The quantitative estimate of drug-likeness (QED) is 0.701. The van der Waals surface area contributed by atoms with Crippen molar-refractivity contribution >= 4 is 11.9 Å². The van der Waals surface area contributed by atoms with Crippen molar-refractivity contribution in [2.75, 3.05) is 7.05 Å². The fourth-order valence-electron chi connectivity index (χ4n) is 1.10. The minimum atomic E-state index is -0.925. The third kappa shape index (κ3) is 3.92. The molecule has 0 bridgehead atoms. The summed E-state index contributed by atoms with van der Waals surface area (Å²) in [6.07, 6.45) is 2.30. The topological polar surface area (TPSA) is 57.6 Å². The van der Waals surface area contributed by atoms with Gasteiger partial charge >= 0.3 is 5.97 Å². The van der Waals surface area contributed by atoms with E-state index < -0.39 is 12.0 Å². The summed E-state index contributed by atoms with van der Waals surface area (Å²) in [6.45, 7) is 3.37. The van der Waals surface area contributed by atoms with Crippen molar-refractivity contribution in [3.8, 4) is 0 Å². The summed E-state index contributed by atoms with van der Waals surface area (Å²) in [5.74, 6) is -1.13. The van der Waals surface area contributed by atoms with Crippen LogP contribution in [0.4, 0.5) is 0 Å². The average molecular weight is 187 g/mol. The number of aliphatic carboxylic acids is 1. The fourth-order valence-corrected chi connectivity index (χ4v) is 1.10. The Bertz CT molecular complexity index is 191. The van der Waals surface area contributed by atoms with Crippen LogP contribution in [-0.2, 0) is 9.59 Å². The molecule has 0 saturated carbocycles. The van der Waals surface area contributed by atoms with Crippen LogP contribution in [0.3, 0.4) is 0 Å². The minimum Gasteiger partial charge on any atom is -0.480 e. The van der Waals surface area contributed by atoms with E-state index in [0.717, 1.165) is 12.8 Å². The first-order valence-corrected chi connectivity index (χ1v) is 4.46. The number of carbonyl (C=O) groups is 2. The van der Waals surface area contributed by atoms with Gasteiger partial charge in [-0.3, -0.25) is 4.79 Å². The van der Waals surface area contributed by atoms with Gasteiger partial charge in [0.15, 0.2) is 0 Å². The van der Waals surface area contributed by atoms with Crippen LogP contribution in [-0.4, -0.2) is 35.0 Å². The molecule has 0 aromatic heterocycles. The number of carboxylic acids is 1. The lowest BCUT2D eigenvalue weighted by Crippen LogP contribution is -2.41. The number of hydrogen-bond acceptors (Lipinski definition) is 2. The molecule has 0 spiro atoms. The molecule has 76 valence electrons. The normalized spacial score (nSPS) is 12.2. The molecule has 1 atom stereocenters. The van der Waals surface area contributed by atoms with Crippen LogP contribution in [0.25, 0.3) is 0 Å². The van der Waals surface area contributed by atoms with Gasteiger partial charge in [0.1, 0.15) is 6.04 Å². The van der Waals surface area contributed by atoms with Crippen LogP contribution in [0.1, 0.15) is 33.1 Å². The zero-order valence-electron chi connectivity index (χ0n) is 8.41. The minimum absolute atomic E-state index is 0.205. The number of nitrogens with zero attached hydrogens (tertiary/aromatic N) is 1. The summed E-state index contributed by atoms with van der Waals surface area (Å²) in [4.78, 5) is 22.9. The number of hydrogen-bond donors (Lipinski definition) is 1. The smallest absolute Gasteiger partial charge is 0.326 e. The van der Waals surface area contributed by atoms with Gasteiger partial charge in [0.25, 0.3) is 0 Å². The predicted molar refractivity (Wildman–Crippen MR) is 49.4 cm³/mol. The Labute approximate surface area is 78.5 Å². The summed E-state index contributed by atoms with van der Waals surface area (Å²) in [5.41, 5.74) is 0. The zero-order valence-corrected chi connectivity index (χ0v) is 8.41. The lowest BCUT2D eigenvalue weighted by Gasteiger charge is -2.23. The van der Waals surface area contributed by atoms with Crippen molar-refractivity contribution in [2.45, 2.75) is 39.2 Å². The summed E-state index contributed by atoms with van der Waals surface area (Å²) >= 11 is 0. The van der Waals surface area contributed by atoms with Gasteiger partial charge in [0.2, 0.25) is 5.91 Å². The Hall–Kier alpha value is -1.06. The van der Waals surface area contributed by atoms with Crippen LogP contribution in [0, 0.1) is 0 Å². The molecule has 0 saturated heterocycles. The molecule has 0 aromatic carbocycles. The van der Waals surface area contributed by atoms with Gasteiger partial charge in [-0.1, -0.05) is 19.8 Å². The highest BCUT2D eigenvalue weighted by atomic mass is 16.4. The predicted octanol–water partition coefficient (Wildman–Crippen LogP) is 1.11. The standard InChI is InChI=1S/C9H17NO3/c1-4-5-6-8(9(12)13)10(3)7(2)11/h8H,4-6H2,1-3H3,(H,12,13). The van der Waals surface area contributed by atoms with E-state index in [4.69, 9.17) is 5.11 Å². The average Bonchev–Trinajstić information content (AvgIpc) is 2.04. The van der Waals surface area contributed by atoms with Crippen molar-refractivity contribution in [1.29, 1.82) is 0 Å². The van der Waals surface area contributed by atoms with Gasteiger partial charge in [-0.15, -0.1) is 0 Å². The van der Waals surface area contributed by atoms with E-state index in [-0.39, 0.29) is 5.91 Å². The van der Waals surface area contributed by atoms with Crippen molar-refractivity contribution < 1.29 is 14.7 Å². The molecule has 0 aromatic rings. The summed E-state index contributed by atoms with van der Waals surface area (Å²) < 4.78 is 0. The second kappa shape index (κ2) is 5.56. The van der Waals surface area contributed by atoms with Gasteiger partial charge in [0, 0.05) is 14.0 Å². The van der Waals surface area contributed by atoms with Gasteiger partial charge in [-0.05, 0) is 6.42 Å². The highest BCUT2D eigenvalue weighted by molar-refractivity contribution is 5.81. The Kier molecular flexibility index (Phi) is 5.11. The van der Waals surface area contributed by atoms with Crippen molar-refractivity contribution in [3.63, 3.8) is 0 Å². The van der Waals surface area contributed by atoms with Gasteiger partial charge in [0.05, 0.1) is 0 Å². The molecular formula is C9H17NO3. The molecule has 0 aliphatic carbocycles. The van der Waals surface area contributed by atoms with Crippen LogP contribution >= 0.6 is 0 Å². The third-order valence-corrected chi connectivity index (χ3v) is 2.08. The largest absolute Gasteiger partial charge is 0.480 e.